The monoisotopic (exact) mass is 208 g/mol. The standard InChI is InChI=1S/C4H6N2.HNO3.NO3/c1-6-3-2-5-4-6;2*2-1(3)4/h2-4H,1H3;(H,2,3,4);/q;;-1/p+1. The molecule has 0 bridgehead atoms. The molecule has 0 atom stereocenters. The first kappa shape index (κ1) is 14.2. The van der Waals surface area contributed by atoms with Crippen LogP contribution in [0.2, 0.25) is 0 Å². The SMILES string of the molecule is Cn1ccnc1.O=[N+]([O-])O.O=[N+]([O-])[O-].[H+]. The summed E-state index contributed by atoms with van der Waals surface area (Å²) in [6.07, 6.45) is 5.39. The lowest BCUT2D eigenvalue weighted by Crippen LogP contribution is -1.81. The fourth-order valence-electron chi connectivity index (χ4n) is 0.326. The first-order chi connectivity index (χ1) is 6.36. The van der Waals surface area contributed by atoms with Crippen LogP contribution in [-0.2, 0) is 7.05 Å². The van der Waals surface area contributed by atoms with E-state index in [0.29, 0.717) is 0 Å². The van der Waals surface area contributed by atoms with E-state index in [1.165, 1.54) is 0 Å². The Bertz CT molecular complexity index is 244. The van der Waals surface area contributed by atoms with Crippen LogP contribution >= 0.6 is 0 Å². The zero-order valence-electron chi connectivity index (χ0n) is 8.01. The fraction of sp³-hybridized carbons (Fsp3) is 0.250. The first-order valence-electron chi connectivity index (χ1n) is 2.93. The van der Waals surface area contributed by atoms with Crippen molar-refractivity contribution in [1.82, 2.24) is 9.55 Å². The van der Waals surface area contributed by atoms with Gasteiger partial charge in [-0.05, 0) is 0 Å². The minimum absolute atomic E-state index is 0. The van der Waals surface area contributed by atoms with E-state index in [1.807, 2.05) is 17.8 Å². The second-order valence-electron chi connectivity index (χ2n) is 1.69. The highest BCUT2D eigenvalue weighted by Crippen LogP contribution is 1.73. The van der Waals surface area contributed by atoms with E-state index in [-0.39, 0.29) is 1.43 Å². The summed E-state index contributed by atoms with van der Waals surface area (Å²) in [7, 11) is 1.94. The second kappa shape index (κ2) is 8.70. The molecule has 0 aromatic carbocycles. The molecule has 1 rings (SSSR count). The zero-order valence-corrected chi connectivity index (χ0v) is 7.01. The summed E-state index contributed by atoms with van der Waals surface area (Å²) >= 11 is 0. The van der Waals surface area contributed by atoms with Crippen LogP contribution in [0.1, 0.15) is 1.43 Å². The van der Waals surface area contributed by atoms with Crippen molar-refractivity contribution in [2.24, 2.45) is 7.05 Å². The summed E-state index contributed by atoms with van der Waals surface area (Å²) in [5.74, 6) is 0. The largest absolute Gasteiger partial charge is 1.00 e. The van der Waals surface area contributed by atoms with Gasteiger partial charge in [-0.2, -0.15) is 0 Å². The lowest BCUT2D eigenvalue weighted by Gasteiger charge is -1.76. The summed E-state index contributed by atoms with van der Waals surface area (Å²) in [4.78, 5) is 20.4. The summed E-state index contributed by atoms with van der Waals surface area (Å²) in [5, 5.41) is 28.4. The zero-order chi connectivity index (χ0) is 11.6. The van der Waals surface area contributed by atoms with Gasteiger partial charge in [-0.25, -0.2) is 4.98 Å². The average molecular weight is 208 g/mol. The first-order valence-corrected chi connectivity index (χ1v) is 2.93. The molecule has 0 saturated carbocycles. The third-order valence-electron chi connectivity index (χ3n) is 0.637. The molecule has 0 aliphatic heterocycles. The highest BCUT2D eigenvalue weighted by molar-refractivity contribution is 4.70. The molecule has 1 heterocycles. The molecule has 0 unspecified atom stereocenters. The van der Waals surface area contributed by atoms with Gasteiger partial charge in [0.25, 0.3) is 5.09 Å². The van der Waals surface area contributed by atoms with Gasteiger partial charge in [0.2, 0.25) is 0 Å². The van der Waals surface area contributed by atoms with Crippen LogP contribution in [0.4, 0.5) is 0 Å². The van der Waals surface area contributed by atoms with Gasteiger partial charge >= 0.3 is 1.43 Å². The predicted molar refractivity (Wildman–Crippen MR) is 43.5 cm³/mol. The molecule has 0 spiro atoms. The van der Waals surface area contributed by atoms with Gasteiger partial charge in [-0.1, -0.05) is 0 Å². The molecule has 0 saturated heterocycles. The van der Waals surface area contributed by atoms with Crippen LogP contribution in [0, 0.1) is 25.4 Å². The number of imidazole rings is 1. The van der Waals surface area contributed by atoms with Gasteiger partial charge in [-0.3, -0.25) is 0 Å². The maximum Gasteiger partial charge on any atom is 1.00 e. The minimum Gasteiger partial charge on any atom is -0.356 e. The molecule has 10 heteroatoms. The van der Waals surface area contributed by atoms with Crippen LogP contribution in [0.3, 0.4) is 0 Å². The Kier molecular flexibility index (Phi) is 8.80. The molecule has 14 heavy (non-hydrogen) atoms. The van der Waals surface area contributed by atoms with Gasteiger partial charge < -0.3 is 25.1 Å². The van der Waals surface area contributed by atoms with E-state index >= 15 is 0 Å². The lowest BCUT2D eigenvalue weighted by molar-refractivity contribution is -0.742. The van der Waals surface area contributed by atoms with E-state index in [1.54, 1.807) is 12.5 Å². The molecule has 0 aliphatic carbocycles. The lowest BCUT2D eigenvalue weighted by atomic mass is 10.9. The van der Waals surface area contributed by atoms with Gasteiger partial charge in [0.15, 0.2) is 0 Å². The number of aromatic nitrogens is 2. The van der Waals surface area contributed by atoms with Crippen LogP contribution < -0.4 is 0 Å². The Labute approximate surface area is 78.7 Å². The topological polar surface area (TPSA) is 147 Å². The Morgan fingerprint density at radius 1 is 1.43 bits per heavy atom. The van der Waals surface area contributed by atoms with Gasteiger partial charge in [0.1, 0.15) is 0 Å². The quantitative estimate of drug-likeness (QED) is 0.463. The number of rotatable bonds is 0. The Morgan fingerprint density at radius 3 is 1.86 bits per heavy atom. The van der Waals surface area contributed by atoms with Crippen LogP contribution in [0.15, 0.2) is 18.7 Å². The van der Waals surface area contributed by atoms with E-state index in [2.05, 4.69) is 4.98 Å². The van der Waals surface area contributed by atoms with Crippen LogP contribution in [0.25, 0.3) is 0 Å². The number of hydrogen-bond acceptors (Lipinski definition) is 6. The van der Waals surface area contributed by atoms with Crippen molar-refractivity contribution in [1.29, 1.82) is 0 Å². The molecule has 0 radical (unpaired) electrons. The van der Waals surface area contributed by atoms with Crippen molar-refractivity contribution < 1.29 is 16.8 Å². The third kappa shape index (κ3) is 33.5. The van der Waals surface area contributed by atoms with Crippen molar-refractivity contribution >= 4 is 0 Å². The summed E-state index contributed by atoms with van der Waals surface area (Å²) in [6.45, 7) is 0. The molecule has 0 amide bonds. The number of aryl methyl sites for hydroxylation is 1. The summed E-state index contributed by atoms with van der Waals surface area (Å²) < 4.78 is 1.89. The Morgan fingerprint density at radius 2 is 1.79 bits per heavy atom. The van der Waals surface area contributed by atoms with Crippen molar-refractivity contribution in [3.8, 4) is 0 Å². The van der Waals surface area contributed by atoms with E-state index in [9.17, 15) is 0 Å². The molecule has 1 aromatic heterocycles. The fourth-order valence-corrected chi connectivity index (χ4v) is 0.326. The van der Waals surface area contributed by atoms with Crippen LogP contribution in [-0.4, -0.2) is 24.9 Å². The molecular formula is C4H8N4O6. The molecule has 80 valence electrons. The van der Waals surface area contributed by atoms with E-state index < -0.39 is 10.2 Å². The maximum atomic E-state index is 8.36. The van der Waals surface area contributed by atoms with E-state index in [0.717, 1.165) is 0 Å². The number of nitrogens with zero attached hydrogens (tertiary/aromatic N) is 4. The molecular weight excluding hydrogens is 200 g/mol. The second-order valence-corrected chi connectivity index (χ2v) is 1.69. The van der Waals surface area contributed by atoms with Gasteiger partial charge in [0.05, 0.1) is 11.4 Å². The summed E-state index contributed by atoms with van der Waals surface area (Å²) in [5.41, 5.74) is 0. The van der Waals surface area contributed by atoms with Crippen molar-refractivity contribution in [2.45, 2.75) is 0 Å². The van der Waals surface area contributed by atoms with Gasteiger partial charge in [-0.15, -0.1) is 10.1 Å². The Hall–Kier alpha value is -2.39. The van der Waals surface area contributed by atoms with Gasteiger partial charge in [0, 0.05) is 19.4 Å². The molecule has 1 N–H and O–H groups in total. The third-order valence-corrected chi connectivity index (χ3v) is 0.637. The van der Waals surface area contributed by atoms with Crippen molar-refractivity contribution in [3.63, 3.8) is 0 Å². The highest BCUT2D eigenvalue weighted by Gasteiger charge is 1.69. The number of hydrogen-bond donors (Lipinski definition) is 1. The molecule has 0 aliphatic rings. The van der Waals surface area contributed by atoms with Crippen LogP contribution in [0.5, 0.6) is 0 Å². The molecule has 0 fully saturated rings. The van der Waals surface area contributed by atoms with Crippen molar-refractivity contribution in [2.75, 3.05) is 0 Å². The highest BCUT2D eigenvalue weighted by atomic mass is 16.9. The average Bonchev–Trinajstić information content (AvgIpc) is 2.36. The maximum absolute atomic E-state index is 8.36. The normalized spacial score (nSPS) is 7.21. The molecule has 1 aromatic rings. The minimum atomic E-state index is -1.75. The predicted octanol–water partition coefficient (Wildman–Crippen LogP) is -0.0542. The van der Waals surface area contributed by atoms with E-state index in [4.69, 9.17) is 30.6 Å². The summed E-state index contributed by atoms with van der Waals surface area (Å²) in [6, 6.07) is 0. The smallest absolute Gasteiger partial charge is 0.356 e. The molecule has 10 nitrogen and oxygen atoms in total. The Balaban J connectivity index is -0.000000145. The van der Waals surface area contributed by atoms with Crippen molar-refractivity contribution in [3.05, 3.63) is 44.2 Å².